The van der Waals surface area contributed by atoms with Gasteiger partial charge in [0.25, 0.3) is 0 Å². The predicted molar refractivity (Wildman–Crippen MR) is 71.1 cm³/mol. The molecule has 0 spiro atoms. The molecule has 0 radical (unpaired) electrons. The number of rotatable bonds is 5. The van der Waals surface area contributed by atoms with Crippen molar-refractivity contribution in [1.82, 2.24) is 15.0 Å². The lowest BCUT2D eigenvalue weighted by Crippen LogP contribution is -2.18. The van der Waals surface area contributed by atoms with Gasteiger partial charge in [-0.15, -0.1) is 12.4 Å². The molecule has 5 nitrogen and oxygen atoms in total. The van der Waals surface area contributed by atoms with Crippen LogP contribution in [0.25, 0.3) is 0 Å². The van der Waals surface area contributed by atoms with E-state index in [-0.39, 0.29) is 19.0 Å². The van der Waals surface area contributed by atoms with Crippen LogP contribution < -0.4 is 5.73 Å². The second kappa shape index (κ2) is 7.10. The number of benzene rings is 1. The van der Waals surface area contributed by atoms with Gasteiger partial charge in [-0.1, -0.05) is 35.5 Å². The Morgan fingerprint density at radius 3 is 2.56 bits per heavy atom. The first-order chi connectivity index (χ1) is 8.28. The molecule has 6 heteroatoms. The first-order valence-corrected chi connectivity index (χ1v) is 5.52. The molecule has 0 aliphatic rings. The highest BCUT2D eigenvalue weighted by atomic mass is 35.5. The van der Waals surface area contributed by atoms with E-state index < -0.39 is 0 Å². The molecule has 1 heterocycles. The Morgan fingerprint density at radius 2 is 1.94 bits per heavy atom. The van der Waals surface area contributed by atoms with Crippen LogP contribution in [0.15, 0.2) is 34.9 Å². The lowest BCUT2D eigenvalue weighted by Gasteiger charge is -2.13. The molecule has 0 amide bonds. The van der Waals surface area contributed by atoms with Crippen LogP contribution >= 0.6 is 12.4 Å². The monoisotopic (exact) mass is 268 g/mol. The summed E-state index contributed by atoms with van der Waals surface area (Å²) in [6.07, 6.45) is 0. The van der Waals surface area contributed by atoms with E-state index in [1.54, 1.807) is 0 Å². The van der Waals surface area contributed by atoms with Crippen molar-refractivity contribution in [3.8, 4) is 0 Å². The maximum atomic E-state index is 5.41. The number of nitrogens with two attached hydrogens (primary N) is 1. The van der Waals surface area contributed by atoms with E-state index in [4.69, 9.17) is 10.3 Å². The van der Waals surface area contributed by atoms with E-state index in [0.29, 0.717) is 18.3 Å². The molecular formula is C12H17ClN4O. The van der Waals surface area contributed by atoms with Gasteiger partial charge in [0.1, 0.15) is 0 Å². The standard InChI is InChI=1S/C12H16N4O.ClH/c1-16(8-10-5-3-2-4-6-10)9-11-14-12(7-13)17-15-11;/h2-6H,7-9,13H2,1H3;1H. The highest BCUT2D eigenvalue weighted by molar-refractivity contribution is 5.85. The zero-order valence-corrected chi connectivity index (χ0v) is 11.1. The summed E-state index contributed by atoms with van der Waals surface area (Å²) in [4.78, 5) is 6.29. The molecule has 0 aliphatic heterocycles. The van der Waals surface area contributed by atoms with Crippen LogP contribution in [0, 0.1) is 0 Å². The molecular weight excluding hydrogens is 252 g/mol. The Labute approximate surface area is 112 Å². The molecule has 0 aliphatic carbocycles. The topological polar surface area (TPSA) is 68.2 Å². The van der Waals surface area contributed by atoms with E-state index in [9.17, 15) is 0 Å². The summed E-state index contributed by atoms with van der Waals surface area (Å²) in [5.74, 6) is 1.15. The molecule has 98 valence electrons. The molecule has 0 bridgehead atoms. The van der Waals surface area contributed by atoms with Crippen molar-refractivity contribution in [3.05, 3.63) is 47.6 Å². The zero-order valence-electron chi connectivity index (χ0n) is 10.2. The summed E-state index contributed by atoms with van der Waals surface area (Å²) in [6.45, 7) is 1.79. The smallest absolute Gasteiger partial charge is 0.240 e. The number of aromatic nitrogens is 2. The summed E-state index contributed by atoms with van der Waals surface area (Å²) in [6, 6.07) is 10.3. The number of halogens is 1. The fraction of sp³-hybridized carbons (Fsp3) is 0.333. The Bertz CT molecular complexity index is 460. The quantitative estimate of drug-likeness (QED) is 0.892. The molecule has 0 atom stereocenters. The van der Waals surface area contributed by atoms with Gasteiger partial charge in [0, 0.05) is 6.54 Å². The van der Waals surface area contributed by atoms with Crippen molar-refractivity contribution in [1.29, 1.82) is 0 Å². The van der Waals surface area contributed by atoms with Gasteiger partial charge in [0.15, 0.2) is 5.82 Å². The summed E-state index contributed by atoms with van der Waals surface area (Å²) < 4.78 is 4.95. The Morgan fingerprint density at radius 1 is 1.22 bits per heavy atom. The second-order valence-electron chi connectivity index (χ2n) is 3.97. The fourth-order valence-electron chi connectivity index (χ4n) is 1.63. The van der Waals surface area contributed by atoms with Crippen molar-refractivity contribution in [2.75, 3.05) is 7.05 Å². The molecule has 1 aromatic carbocycles. The maximum absolute atomic E-state index is 5.41. The van der Waals surface area contributed by atoms with Crippen LogP contribution in [-0.4, -0.2) is 22.1 Å². The van der Waals surface area contributed by atoms with E-state index in [2.05, 4.69) is 27.2 Å². The normalized spacial score (nSPS) is 10.4. The van der Waals surface area contributed by atoms with Crippen LogP contribution in [0.1, 0.15) is 17.3 Å². The average Bonchev–Trinajstić information content (AvgIpc) is 2.78. The van der Waals surface area contributed by atoms with Crippen LogP contribution in [0.4, 0.5) is 0 Å². The summed E-state index contributed by atoms with van der Waals surface area (Å²) in [7, 11) is 2.02. The van der Waals surface area contributed by atoms with Gasteiger partial charge in [-0.3, -0.25) is 4.90 Å². The van der Waals surface area contributed by atoms with Gasteiger partial charge in [0.05, 0.1) is 13.1 Å². The van der Waals surface area contributed by atoms with Crippen LogP contribution in [-0.2, 0) is 19.6 Å². The molecule has 2 N–H and O–H groups in total. The highest BCUT2D eigenvalue weighted by Crippen LogP contribution is 2.06. The molecule has 0 fully saturated rings. The van der Waals surface area contributed by atoms with Crippen molar-refractivity contribution in [3.63, 3.8) is 0 Å². The third kappa shape index (κ3) is 4.10. The van der Waals surface area contributed by atoms with Crippen molar-refractivity contribution >= 4 is 12.4 Å². The van der Waals surface area contributed by atoms with E-state index >= 15 is 0 Å². The molecule has 2 aromatic rings. The van der Waals surface area contributed by atoms with Crippen LogP contribution in [0.2, 0.25) is 0 Å². The highest BCUT2D eigenvalue weighted by Gasteiger charge is 2.07. The Balaban J connectivity index is 0.00000162. The minimum Gasteiger partial charge on any atom is -0.338 e. The third-order valence-corrected chi connectivity index (χ3v) is 2.39. The van der Waals surface area contributed by atoms with Gasteiger partial charge >= 0.3 is 0 Å². The number of hydrogen-bond donors (Lipinski definition) is 1. The molecule has 0 saturated heterocycles. The SMILES string of the molecule is CN(Cc1ccccc1)Cc1noc(CN)n1.Cl. The van der Waals surface area contributed by atoms with Gasteiger partial charge in [0.2, 0.25) is 5.89 Å². The number of nitrogens with zero attached hydrogens (tertiary/aromatic N) is 3. The lowest BCUT2D eigenvalue weighted by atomic mass is 10.2. The van der Waals surface area contributed by atoms with Crippen molar-refractivity contribution in [2.45, 2.75) is 19.6 Å². The molecule has 0 unspecified atom stereocenters. The Kier molecular flexibility index (Phi) is 5.77. The van der Waals surface area contributed by atoms with Crippen molar-refractivity contribution < 1.29 is 4.52 Å². The minimum absolute atomic E-state index is 0. The first kappa shape index (κ1) is 14.6. The lowest BCUT2D eigenvalue weighted by molar-refractivity contribution is 0.300. The molecule has 18 heavy (non-hydrogen) atoms. The maximum Gasteiger partial charge on any atom is 0.240 e. The largest absolute Gasteiger partial charge is 0.338 e. The Hall–Kier alpha value is -1.43. The molecule has 0 saturated carbocycles. The summed E-state index contributed by atoms with van der Waals surface area (Å²) in [5.41, 5.74) is 6.67. The molecule has 2 rings (SSSR count). The second-order valence-corrected chi connectivity index (χ2v) is 3.97. The van der Waals surface area contributed by atoms with Crippen molar-refractivity contribution in [2.24, 2.45) is 5.73 Å². The van der Waals surface area contributed by atoms with Gasteiger partial charge < -0.3 is 10.3 Å². The minimum atomic E-state index is 0. The summed E-state index contributed by atoms with van der Waals surface area (Å²) >= 11 is 0. The third-order valence-electron chi connectivity index (χ3n) is 2.39. The van der Waals surface area contributed by atoms with Crippen LogP contribution in [0.3, 0.4) is 0 Å². The van der Waals surface area contributed by atoms with E-state index in [1.807, 2.05) is 25.2 Å². The summed E-state index contributed by atoms with van der Waals surface area (Å²) in [5, 5.41) is 3.86. The average molecular weight is 269 g/mol. The van der Waals surface area contributed by atoms with Crippen LogP contribution in [0.5, 0.6) is 0 Å². The van der Waals surface area contributed by atoms with Gasteiger partial charge in [-0.05, 0) is 12.6 Å². The first-order valence-electron chi connectivity index (χ1n) is 5.52. The van der Waals surface area contributed by atoms with Gasteiger partial charge in [-0.25, -0.2) is 0 Å². The number of hydrogen-bond acceptors (Lipinski definition) is 5. The fourth-order valence-corrected chi connectivity index (χ4v) is 1.63. The predicted octanol–water partition coefficient (Wildman–Crippen LogP) is 1.58. The van der Waals surface area contributed by atoms with E-state index in [0.717, 1.165) is 6.54 Å². The zero-order chi connectivity index (χ0) is 12.1. The van der Waals surface area contributed by atoms with Gasteiger partial charge in [-0.2, -0.15) is 4.98 Å². The molecule has 1 aromatic heterocycles. The van der Waals surface area contributed by atoms with E-state index in [1.165, 1.54) is 5.56 Å².